The summed E-state index contributed by atoms with van der Waals surface area (Å²) in [6.45, 7) is 4.67. The molecule has 0 fully saturated rings. The van der Waals surface area contributed by atoms with Gasteiger partial charge >= 0.3 is 5.97 Å². The maximum atomic E-state index is 13.0. The molecule has 1 aromatic heterocycles. The zero-order valence-electron chi connectivity index (χ0n) is 15.6. The number of nitrogens with one attached hydrogen (secondary N) is 1. The van der Waals surface area contributed by atoms with Gasteiger partial charge in [0.25, 0.3) is 5.91 Å². The lowest BCUT2D eigenvalue weighted by molar-refractivity contribution is -0.143. The third-order valence-electron chi connectivity index (χ3n) is 4.79. The minimum Gasteiger partial charge on any atom is -0.466 e. The number of benzene rings is 1. The van der Waals surface area contributed by atoms with Gasteiger partial charge in [-0.3, -0.25) is 14.6 Å². The largest absolute Gasteiger partial charge is 0.466 e. The highest BCUT2D eigenvalue weighted by molar-refractivity contribution is 6.08. The number of esters is 1. The highest BCUT2D eigenvalue weighted by atomic mass is 16.5. The molecule has 1 aromatic carbocycles. The van der Waals surface area contributed by atoms with Crippen LogP contribution in [0, 0.1) is 6.92 Å². The number of ether oxygens (including phenoxy) is 1. The van der Waals surface area contributed by atoms with Gasteiger partial charge in [0.05, 0.1) is 17.7 Å². The molecule has 0 atom stereocenters. The molecule has 1 amide bonds. The molecule has 0 saturated carbocycles. The number of hydrogen-bond acceptors (Lipinski definition) is 4. The summed E-state index contributed by atoms with van der Waals surface area (Å²) in [5, 5.41) is 3.91. The average Bonchev–Trinajstić information content (AvgIpc) is 2.63. The van der Waals surface area contributed by atoms with Crippen molar-refractivity contribution < 1.29 is 14.3 Å². The molecule has 5 heteroatoms. The zero-order chi connectivity index (χ0) is 18.5. The van der Waals surface area contributed by atoms with Gasteiger partial charge in [-0.2, -0.15) is 0 Å². The Morgan fingerprint density at radius 3 is 2.85 bits per heavy atom. The summed E-state index contributed by atoms with van der Waals surface area (Å²) < 4.78 is 4.92. The van der Waals surface area contributed by atoms with Crippen LogP contribution in [-0.2, 0) is 22.4 Å². The van der Waals surface area contributed by atoms with Crippen LogP contribution in [0.3, 0.4) is 0 Å². The van der Waals surface area contributed by atoms with Crippen LogP contribution >= 0.6 is 0 Å². The molecule has 2 aromatic rings. The Bertz CT molecular complexity index is 830. The number of carbonyl (C=O) groups is 2. The Labute approximate surface area is 154 Å². The van der Waals surface area contributed by atoms with Crippen LogP contribution in [-0.4, -0.2) is 30.0 Å². The topological polar surface area (TPSA) is 68.3 Å². The lowest BCUT2D eigenvalue weighted by Crippen LogP contribution is -2.27. The summed E-state index contributed by atoms with van der Waals surface area (Å²) in [7, 11) is 0. The summed E-state index contributed by atoms with van der Waals surface area (Å²) in [5.74, 6) is -0.283. The van der Waals surface area contributed by atoms with Crippen LogP contribution < -0.4 is 5.32 Å². The van der Waals surface area contributed by atoms with E-state index in [1.54, 1.807) is 6.92 Å². The van der Waals surface area contributed by atoms with Gasteiger partial charge < -0.3 is 10.1 Å². The summed E-state index contributed by atoms with van der Waals surface area (Å²) >= 11 is 0. The van der Waals surface area contributed by atoms with E-state index < -0.39 is 0 Å². The third kappa shape index (κ3) is 4.03. The number of nitrogens with zero attached hydrogens (tertiary/aromatic N) is 1. The molecular formula is C21H26N2O3. The summed E-state index contributed by atoms with van der Waals surface area (Å²) in [6.07, 6.45) is 4.95. The fraction of sp³-hybridized carbons (Fsp3) is 0.476. The van der Waals surface area contributed by atoms with Crippen LogP contribution in [0.4, 0.5) is 0 Å². The Morgan fingerprint density at radius 2 is 2.04 bits per heavy atom. The zero-order valence-corrected chi connectivity index (χ0v) is 15.6. The average molecular weight is 354 g/mol. The van der Waals surface area contributed by atoms with Crippen LogP contribution in [0.2, 0.25) is 0 Å². The minimum atomic E-state index is -0.218. The first-order valence-electron chi connectivity index (χ1n) is 9.46. The van der Waals surface area contributed by atoms with E-state index in [4.69, 9.17) is 9.72 Å². The van der Waals surface area contributed by atoms with Crippen LogP contribution in [0.15, 0.2) is 18.2 Å². The molecule has 3 rings (SSSR count). The van der Waals surface area contributed by atoms with Crippen molar-refractivity contribution >= 4 is 22.8 Å². The maximum absolute atomic E-state index is 13.0. The van der Waals surface area contributed by atoms with E-state index in [9.17, 15) is 9.59 Å². The van der Waals surface area contributed by atoms with E-state index in [0.717, 1.165) is 59.0 Å². The molecule has 1 aliphatic carbocycles. The van der Waals surface area contributed by atoms with Crippen LogP contribution in [0.1, 0.15) is 59.8 Å². The SMILES string of the molecule is CCOC(=O)CCCNC(=O)c1c2c(nc3ccc(C)cc13)CCCC2. The molecule has 5 nitrogen and oxygen atoms in total. The highest BCUT2D eigenvalue weighted by Crippen LogP contribution is 2.29. The minimum absolute atomic E-state index is 0.0648. The van der Waals surface area contributed by atoms with Gasteiger partial charge in [-0.25, -0.2) is 0 Å². The normalized spacial score (nSPS) is 13.3. The molecule has 0 unspecified atom stereocenters. The fourth-order valence-electron chi connectivity index (χ4n) is 3.55. The number of fused-ring (bicyclic) bond motifs is 2. The van der Waals surface area contributed by atoms with E-state index >= 15 is 0 Å². The number of aryl methyl sites for hydroxylation is 2. The van der Waals surface area contributed by atoms with E-state index in [2.05, 4.69) is 5.32 Å². The smallest absolute Gasteiger partial charge is 0.305 e. The van der Waals surface area contributed by atoms with E-state index in [1.165, 1.54) is 0 Å². The van der Waals surface area contributed by atoms with Gasteiger partial charge in [-0.1, -0.05) is 11.6 Å². The Hall–Kier alpha value is -2.43. The maximum Gasteiger partial charge on any atom is 0.305 e. The van der Waals surface area contributed by atoms with Crippen molar-refractivity contribution in [3.8, 4) is 0 Å². The quantitative estimate of drug-likeness (QED) is 0.637. The number of amides is 1. The summed E-state index contributed by atoms with van der Waals surface area (Å²) in [5.41, 5.74) is 4.92. The lowest BCUT2D eigenvalue weighted by atomic mass is 9.89. The second kappa shape index (κ2) is 8.30. The van der Waals surface area contributed by atoms with E-state index in [-0.39, 0.29) is 11.9 Å². The molecule has 138 valence electrons. The van der Waals surface area contributed by atoms with Crippen LogP contribution in [0.5, 0.6) is 0 Å². The first-order chi connectivity index (χ1) is 12.6. The fourth-order valence-corrected chi connectivity index (χ4v) is 3.55. The van der Waals surface area contributed by atoms with Gasteiger partial charge in [-0.05, 0) is 63.6 Å². The molecule has 1 N–H and O–H groups in total. The first kappa shape index (κ1) is 18.4. The number of carbonyl (C=O) groups excluding carboxylic acids is 2. The number of hydrogen-bond donors (Lipinski definition) is 1. The van der Waals surface area contributed by atoms with E-state index in [0.29, 0.717) is 26.0 Å². The number of pyridine rings is 1. The molecule has 1 aliphatic rings. The summed E-state index contributed by atoms with van der Waals surface area (Å²) in [6, 6.07) is 6.08. The van der Waals surface area contributed by atoms with Gasteiger partial charge in [0, 0.05) is 24.0 Å². The number of aromatic nitrogens is 1. The van der Waals surface area contributed by atoms with Gasteiger partial charge in [-0.15, -0.1) is 0 Å². The summed E-state index contributed by atoms with van der Waals surface area (Å²) in [4.78, 5) is 29.2. The Morgan fingerprint density at radius 1 is 1.23 bits per heavy atom. The van der Waals surface area contributed by atoms with Gasteiger partial charge in [0.15, 0.2) is 0 Å². The van der Waals surface area contributed by atoms with Crippen molar-refractivity contribution in [2.45, 2.75) is 52.4 Å². The molecule has 1 heterocycles. The van der Waals surface area contributed by atoms with Crippen molar-refractivity contribution in [3.05, 3.63) is 40.6 Å². The monoisotopic (exact) mass is 354 g/mol. The van der Waals surface area contributed by atoms with Crippen LogP contribution in [0.25, 0.3) is 10.9 Å². The first-order valence-corrected chi connectivity index (χ1v) is 9.46. The van der Waals surface area contributed by atoms with Crippen molar-refractivity contribution in [2.75, 3.05) is 13.2 Å². The second-order valence-corrected chi connectivity index (χ2v) is 6.80. The van der Waals surface area contributed by atoms with Gasteiger partial charge in [0.1, 0.15) is 0 Å². The van der Waals surface area contributed by atoms with Crippen molar-refractivity contribution in [1.29, 1.82) is 0 Å². The van der Waals surface area contributed by atoms with Crippen molar-refractivity contribution in [1.82, 2.24) is 10.3 Å². The predicted octanol–water partition coefficient (Wildman–Crippen LogP) is 3.50. The van der Waals surface area contributed by atoms with Gasteiger partial charge in [0.2, 0.25) is 0 Å². The lowest BCUT2D eigenvalue weighted by Gasteiger charge is -2.20. The number of rotatable bonds is 6. The highest BCUT2D eigenvalue weighted by Gasteiger charge is 2.22. The predicted molar refractivity (Wildman–Crippen MR) is 101 cm³/mol. The molecule has 0 radical (unpaired) electrons. The second-order valence-electron chi connectivity index (χ2n) is 6.80. The van der Waals surface area contributed by atoms with E-state index in [1.807, 2.05) is 25.1 Å². The molecule has 0 spiro atoms. The molecule has 0 aliphatic heterocycles. The molecule has 0 saturated heterocycles. The molecular weight excluding hydrogens is 328 g/mol. The molecule has 0 bridgehead atoms. The molecule has 26 heavy (non-hydrogen) atoms. The van der Waals surface area contributed by atoms with Crippen molar-refractivity contribution in [3.63, 3.8) is 0 Å². The third-order valence-corrected chi connectivity index (χ3v) is 4.79. The standard InChI is InChI=1S/C21H26N2O3/c1-3-26-19(24)9-6-12-22-21(25)20-15-7-4-5-8-17(15)23-18-11-10-14(2)13-16(18)20/h10-11,13H,3-9,12H2,1-2H3,(H,22,25). The van der Waals surface area contributed by atoms with Crippen molar-refractivity contribution in [2.24, 2.45) is 0 Å². The Kier molecular flexibility index (Phi) is 5.86. The Balaban J connectivity index is 1.82.